The molecule has 0 aliphatic carbocycles. The number of halogens is 1. The van der Waals surface area contributed by atoms with Gasteiger partial charge < -0.3 is 10.6 Å². The summed E-state index contributed by atoms with van der Waals surface area (Å²) in [5, 5.41) is 5.86. The number of hydrogen-bond acceptors (Lipinski definition) is 3. The van der Waals surface area contributed by atoms with Crippen LogP contribution in [0.3, 0.4) is 0 Å². The Balaban J connectivity index is 1.74. The van der Waals surface area contributed by atoms with Crippen LogP contribution in [0.4, 0.5) is 5.69 Å². The molecule has 0 saturated heterocycles. The van der Waals surface area contributed by atoms with Crippen LogP contribution in [0, 0.1) is 0 Å². The van der Waals surface area contributed by atoms with Crippen molar-refractivity contribution in [3.05, 3.63) is 58.8 Å². The monoisotopic (exact) mass is 319 g/mol. The number of rotatable bonds is 5. The molecule has 5 heteroatoms. The first-order valence-corrected chi connectivity index (χ1v) is 6.69. The number of nitrogens with one attached hydrogen (secondary N) is 2. The van der Waals surface area contributed by atoms with Gasteiger partial charge in [-0.15, -0.1) is 0 Å². The smallest absolute Gasteiger partial charge is 0.238 e. The lowest BCUT2D eigenvalue weighted by Crippen LogP contribution is -2.27. The van der Waals surface area contributed by atoms with Gasteiger partial charge in [0.05, 0.1) is 12.2 Å². The molecule has 1 heterocycles. The number of benzene rings is 1. The van der Waals surface area contributed by atoms with Gasteiger partial charge in [0.1, 0.15) is 0 Å². The number of carbonyl (C=O) groups excluding carboxylic acids is 1. The number of aromatic nitrogens is 1. The molecule has 0 bridgehead atoms. The van der Waals surface area contributed by atoms with Gasteiger partial charge in [0.2, 0.25) is 5.91 Å². The Morgan fingerprint density at radius 3 is 2.63 bits per heavy atom. The molecule has 19 heavy (non-hydrogen) atoms. The molecule has 0 spiro atoms. The van der Waals surface area contributed by atoms with Gasteiger partial charge in [-0.25, -0.2) is 0 Å². The first-order valence-electron chi connectivity index (χ1n) is 5.90. The van der Waals surface area contributed by atoms with E-state index in [0.29, 0.717) is 6.54 Å². The van der Waals surface area contributed by atoms with Crippen LogP contribution in [0.15, 0.2) is 53.1 Å². The Bertz CT molecular complexity index is 528. The molecule has 0 saturated carbocycles. The van der Waals surface area contributed by atoms with Gasteiger partial charge in [0, 0.05) is 22.9 Å². The molecule has 2 aromatic rings. The standard InChI is InChI=1S/C14H14BrN3O/c15-11-4-6-12(7-5-11)18-14(19)10-16-9-13-3-1-2-8-17-13/h1-8,16H,9-10H2,(H,18,19). The summed E-state index contributed by atoms with van der Waals surface area (Å²) in [6.07, 6.45) is 1.74. The summed E-state index contributed by atoms with van der Waals surface area (Å²) >= 11 is 3.35. The summed E-state index contributed by atoms with van der Waals surface area (Å²) in [6, 6.07) is 13.2. The highest BCUT2D eigenvalue weighted by atomic mass is 79.9. The summed E-state index contributed by atoms with van der Waals surface area (Å²) in [7, 11) is 0. The third kappa shape index (κ3) is 4.81. The summed E-state index contributed by atoms with van der Waals surface area (Å²) in [5.74, 6) is -0.0711. The average molecular weight is 320 g/mol. The van der Waals surface area contributed by atoms with E-state index < -0.39 is 0 Å². The van der Waals surface area contributed by atoms with E-state index in [1.54, 1.807) is 6.20 Å². The van der Waals surface area contributed by atoms with Gasteiger partial charge in [0.15, 0.2) is 0 Å². The van der Waals surface area contributed by atoms with E-state index in [9.17, 15) is 4.79 Å². The lowest BCUT2D eigenvalue weighted by atomic mass is 10.3. The third-order valence-electron chi connectivity index (χ3n) is 2.45. The summed E-state index contributed by atoms with van der Waals surface area (Å²) in [5.41, 5.74) is 1.70. The molecule has 4 nitrogen and oxygen atoms in total. The van der Waals surface area contributed by atoms with Gasteiger partial charge in [-0.1, -0.05) is 22.0 Å². The lowest BCUT2D eigenvalue weighted by Gasteiger charge is -2.06. The molecule has 0 unspecified atom stereocenters. The van der Waals surface area contributed by atoms with Crippen molar-refractivity contribution in [2.75, 3.05) is 11.9 Å². The molecule has 2 N–H and O–H groups in total. The molecule has 98 valence electrons. The Kier molecular flexibility index (Phi) is 5.06. The van der Waals surface area contributed by atoms with Crippen LogP contribution in [0.25, 0.3) is 0 Å². The maximum absolute atomic E-state index is 11.7. The van der Waals surface area contributed by atoms with E-state index in [0.717, 1.165) is 15.9 Å². The predicted octanol–water partition coefficient (Wildman–Crippen LogP) is 2.57. The van der Waals surface area contributed by atoms with Crippen LogP contribution < -0.4 is 10.6 Å². The van der Waals surface area contributed by atoms with Crippen molar-refractivity contribution in [1.29, 1.82) is 0 Å². The Morgan fingerprint density at radius 1 is 1.16 bits per heavy atom. The fourth-order valence-electron chi connectivity index (χ4n) is 1.55. The molecule has 0 atom stereocenters. The first kappa shape index (κ1) is 13.7. The fraction of sp³-hybridized carbons (Fsp3) is 0.143. The van der Waals surface area contributed by atoms with Crippen LogP contribution in [0.2, 0.25) is 0 Å². The van der Waals surface area contributed by atoms with Gasteiger partial charge >= 0.3 is 0 Å². The normalized spacial score (nSPS) is 10.2. The number of carbonyl (C=O) groups is 1. The molecular weight excluding hydrogens is 306 g/mol. The number of nitrogens with zero attached hydrogens (tertiary/aromatic N) is 1. The molecular formula is C14H14BrN3O. The number of hydrogen-bond donors (Lipinski definition) is 2. The Morgan fingerprint density at radius 2 is 1.95 bits per heavy atom. The van der Waals surface area contributed by atoms with Crippen molar-refractivity contribution in [1.82, 2.24) is 10.3 Å². The lowest BCUT2D eigenvalue weighted by molar-refractivity contribution is -0.115. The topological polar surface area (TPSA) is 54.0 Å². The van der Waals surface area contributed by atoms with Crippen molar-refractivity contribution in [3.63, 3.8) is 0 Å². The van der Waals surface area contributed by atoms with E-state index in [-0.39, 0.29) is 12.5 Å². The van der Waals surface area contributed by atoms with E-state index in [2.05, 4.69) is 31.5 Å². The zero-order valence-corrected chi connectivity index (χ0v) is 11.9. The van der Waals surface area contributed by atoms with E-state index >= 15 is 0 Å². The van der Waals surface area contributed by atoms with Crippen LogP contribution in [0.1, 0.15) is 5.69 Å². The Hall–Kier alpha value is -1.72. The summed E-state index contributed by atoms with van der Waals surface area (Å²) in [4.78, 5) is 15.9. The molecule has 0 aliphatic heterocycles. The molecule has 0 aliphatic rings. The predicted molar refractivity (Wildman–Crippen MR) is 78.7 cm³/mol. The van der Waals surface area contributed by atoms with Crippen molar-refractivity contribution in [3.8, 4) is 0 Å². The fourth-order valence-corrected chi connectivity index (χ4v) is 1.81. The Labute approximate surface area is 120 Å². The molecule has 1 amide bonds. The van der Waals surface area contributed by atoms with Gasteiger partial charge in [-0.05, 0) is 36.4 Å². The highest BCUT2D eigenvalue weighted by Gasteiger charge is 2.02. The summed E-state index contributed by atoms with van der Waals surface area (Å²) < 4.78 is 0.985. The highest BCUT2D eigenvalue weighted by Crippen LogP contribution is 2.13. The minimum Gasteiger partial charge on any atom is -0.325 e. The van der Waals surface area contributed by atoms with Crippen molar-refractivity contribution in [2.45, 2.75) is 6.54 Å². The van der Waals surface area contributed by atoms with E-state index in [1.165, 1.54) is 0 Å². The maximum Gasteiger partial charge on any atom is 0.238 e. The van der Waals surface area contributed by atoms with Gasteiger partial charge in [-0.3, -0.25) is 9.78 Å². The third-order valence-corrected chi connectivity index (χ3v) is 2.97. The quantitative estimate of drug-likeness (QED) is 0.890. The molecule has 2 rings (SSSR count). The second-order valence-corrected chi connectivity index (χ2v) is 4.90. The van der Waals surface area contributed by atoms with Crippen molar-refractivity contribution < 1.29 is 4.79 Å². The average Bonchev–Trinajstić information content (AvgIpc) is 2.43. The maximum atomic E-state index is 11.7. The van der Waals surface area contributed by atoms with E-state index in [1.807, 2.05) is 42.5 Å². The SMILES string of the molecule is O=C(CNCc1ccccn1)Nc1ccc(Br)cc1. The number of pyridine rings is 1. The number of anilines is 1. The first-order chi connectivity index (χ1) is 9.24. The second-order valence-electron chi connectivity index (χ2n) is 3.98. The molecule has 1 aromatic carbocycles. The van der Waals surface area contributed by atoms with Gasteiger partial charge in [-0.2, -0.15) is 0 Å². The zero-order chi connectivity index (χ0) is 13.5. The zero-order valence-electron chi connectivity index (χ0n) is 10.3. The van der Waals surface area contributed by atoms with Crippen LogP contribution >= 0.6 is 15.9 Å². The van der Waals surface area contributed by atoms with Crippen molar-refractivity contribution >= 4 is 27.5 Å². The van der Waals surface area contributed by atoms with Crippen LogP contribution in [0.5, 0.6) is 0 Å². The minimum absolute atomic E-state index is 0.0711. The van der Waals surface area contributed by atoms with Crippen LogP contribution in [-0.2, 0) is 11.3 Å². The van der Waals surface area contributed by atoms with E-state index in [4.69, 9.17) is 0 Å². The minimum atomic E-state index is -0.0711. The van der Waals surface area contributed by atoms with Gasteiger partial charge in [0.25, 0.3) is 0 Å². The van der Waals surface area contributed by atoms with Crippen LogP contribution in [-0.4, -0.2) is 17.4 Å². The summed E-state index contributed by atoms with van der Waals surface area (Å²) in [6.45, 7) is 0.835. The highest BCUT2D eigenvalue weighted by molar-refractivity contribution is 9.10. The largest absolute Gasteiger partial charge is 0.325 e. The second kappa shape index (κ2) is 7.01. The molecule has 1 aromatic heterocycles. The molecule has 0 radical (unpaired) electrons. The number of amides is 1. The molecule has 0 fully saturated rings. The van der Waals surface area contributed by atoms with Crippen molar-refractivity contribution in [2.24, 2.45) is 0 Å².